The fraction of sp³-hybridized carbons (Fsp3) is 0.0833. The Hall–Kier alpha value is -2.43. The van der Waals surface area contributed by atoms with Crippen LogP contribution < -0.4 is 5.32 Å². The van der Waals surface area contributed by atoms with Gasteiger partial charge in [-0.3, -0.25) is 14.6 Å². The van der Waals surface area contributed by atoms with Crippen molar-refractivity contribution >= 4 is 23.6 Å². The molecule has 1 aromatic rings. The molecule has 1 amide bonds. The second kappa shape index (κ2) is 4.61. The topological polar surface area (TPSA) is 78.8 Å². The molecule has 0 saturated carbocycles. The second-order valence-corrected chi connectivity index (χ2v) is 3.47. The van der Waals surface area contributed by atoms with Crippen molar-refractivity contribution in [2.75, 3.05) is 11.9 Å². The number of Topliss-reactive ketones (excluding diaryl/α,β-unsaturated/α-hetero) is 1. The number of rotatable bonds is 2. The predicted molar refractivity (Wildman–Crippen MR) is 63.1 cm³/mol. The molecule has 2 rings (SSSR count). The van der Waals surface area contributed by atoms with Gasteiger partial charge in [-0.05, 0) is 12.1 Å². The van der Waals surface area contributed by atoms with Gasteiger partial charge in [0.25, 0.3) is 5.91 Å². The van der Waals surface area contributed by atoms with Crippen molar-refractivity contribution in [1.82, 2.24) is 0 Å². The van der Waals surface area contributed by atoms with Crippen molar-refractivity contribution in [2.24, 2.45) is 4.99 Å². The highest BCUT2D eigenvalue weighted by atomic mass is 16.3. The van der Waals surface area contributed by atoms with Gasteiger partial charge in [0.05, 0.1) is 6.21 Å². The van der Waals surface area contributed by atoms with Crippen LogP contribution >= 0.6 is 0 Å². The lowest BCUT2D eigenvalue weighted by molar-refractivity contribution is -0.119. The first kappa shape index (κ1) is 11.1. The van der Waals surface area contributed by atoms with Crippen LogP contribution in [0.5, 0.6) is 0 Å². The second-order valence-electron chi connectivity index (χ2n) is 3.47. The summed E-state index contributed by atoms with van der Waals surface area (Å²) < 4.78 is 0. The van der Waals surface area contributed by atoms with E-state index in [1.54, 1.807) is 24.3 Å². The first-order chi connectivity index (χ1) is 8.18. The van der Waals surface area contributed by atoms with Gasteiger partial charge in [-0.25, -0.2) is 0 Å². The van der Waals surface area contributed by atoms with Crippen LogP contribution in [0.1, 0.15) is 0 Å². The minimum absolute atomic E-state index is 0.110. The molecule has 0 saturated heterocycles. The van der Waals surface area contributed by atoms with Gasteiger partial charge in [-0.15, -0.1) is 0 Å². The first-order valence-corrected chi connectivity index (χ1v) is 5.01. The van der Waals surface area contributed by atoms with E-state index in [9.17, 15) is 14.7 Å². The molecule has 0 spiro atoms. The molecule has 5 heteroatoms. The summed E-state index contributed by atoms with van der Waals surface area (Å²) in [6.07, 6.45) is 1.11. The molecule has 0 atom stereocenters. The number of hydrogen-bond acceptors (Lipinski definition) is 4. The average Bonchev–Trinajstić information content (AvgIpc) is 2.30. The third-order valence-electron chi connectivity index (χ3n) is 2.24. The van der Waals surface area contributed by atoms with Crippen LogP contribution in [0, 0.1) is 0 Å². The number of anilines is 1. The molecule has 0 unspecified atom stereocenters. The standard InChI is InChI=1S/C12H10N2O3/c15-9-6-13-7-10(16)11(9)12(17)14-8-4-2-1-3-5-8/h1-6,15H,7H2,(H,14,17). The van der Waals surface area contributed by atoms with Gasteiger partial charge in [0.15, 0.2) is 5.78 Å². The summed E-state index contributed by atoms with van der Waals surface area (Å²) in [7, 11) is 0. The van der Waals surface area contributed by atoms with E-state index >= 15 is 0 Å². The lowest BCUT2D eigenvalue weighted by Crippen LogP contribution is -2.26. The van der Waals surface area contributed by atoms with Crippen molar-refractivity contribution < 1.29 is 14.7 Å². The normalized spacial score (nSPS) is 14.9. The Morgan fingerprint density at radius 2 is 2.00 bits per heavy atom. The maximum absolute atomic E-state index is 11.8. The van der Waals surface area contributed by atoms with Crippen molar-refractivity contribution in [3.8, 4) is 0 Å². The third kappa shape index (κ3) is 2.39. The van der Waals surface area contributed by atoms with Crippen molar-refractivity contribution in [3.63, 3.8) is 0 Å². The van der Waals surface area contributed by atoms with E-state index in [0.717, 1.165) is 6.21 Å². The number of ketones is 1. The van der Waals surface area contributed by atoms with Crippen molar-refractivity contribution in [2.45, 2.75) is 0 Å². The highest BCUT2D eigenvalue weighted by molar-refractivity contribution is 6.27. The quantitative estimate of drug-likeness (QED) is 0.746. The molecule has 86 valence electrons. The lowest BCUT2D eigenvalue weighted by Gasteiger charge is -2.10. The van der Waals surface area contributed by atoms with Crippen molar-refractivity contribution in [1.29, 1.82) is 0 Å². The Balaban J connectivity index is 2.21. The van der Waals surface area contributed by atoms with E-state index in [2.05, 4.69) is 10.3 Å². The molecule has 1 aliphatic rings. The van der Waals surface area contributed by atoms with E-state index in [1.807, 2.05) is 6.07 Å². The van der Waals surface area contributed by atoms with Crippen LogP contribution in [0.3, 0.4) is 0 Å². The summed E-state index contributed by atoms with van der Waals surface area (Å²) in [5.41, 5.74) is 0.317. The zero-order valence-electron chi connectivity index (χ0n) is 8.88. The number of amides is 1. The minimum atomic E-state index is -0.621. The number of carbonyl (C=O) groups excluding carboxylic acids is 2. The monoisotopic (exact) mass is 230 g/mol. The Bertz CT molecular complexity index is 518. The molecule has 0 aromatic heterocycles. The molecule has 0 bridgehead atoms. The molecular formula is C12H10N2O3. The van der Waals surface area contributed by atoms with E-state index in [4.69, 9.17) is 0 Å². The summed E-state index contributed by atoms with van der Waals surface area (Å²) in [5.74, 6) is -1.50. The molecule has 2 N–H and O–H groups in total. The lowest BCUT2D eigenvalue weighted by atomic mass is 10.1. The van der Waals surface area contributed by atoms with Crippen molar-refractivity contribution in [3.05, 3.63) is 41.7 Å². The van der Waals surface area contributed by atoms with E-state index in [1.165, 1.54) is 0 Å². The van der Waals surface area contributed by atoms with Gasteiger partial charge in [0, 0.05) is 5.69 Å². The molecule has 17 heavy (non-hydrogen) atoms. The number of carbonyl (C=O) groups is 2. The number of aliphatic hydroxyl groups is 1. The fourth-order valence-corrected chi connectivity index (χ4v) is 1.46. The van der Waals surface area contributed by atoms with E-state index < -0.39 is 17.4 Å². The molecule has 1 aromatic carbocycles. The number of hydrogen-bond donors (Lipinski definition) is 2. The summed E-state index contributed by atoms with van der Waals surface area (Å²) in [5, 5.41) is 12.0. The van der Waals surface area contributed by atoms with Gasteiger partial charge in [0.2, 0.25) is 0 Å². The SMILES string of the molecule is O=C1CN=CC(O)=C1C(=O)Nc1ccccc1. The number of nitrogens with zero attached hydrogens (tertiary/aromatic N) is 1. The molecule has 0 fully saturated rings. The number of aliphatic imine (C=N–C) groups is 1. The molecule has 0 radical (unpaired) electrons. The Morgan fingerprint density at radius 1 is 1.29 bits per heavy atom. The Labute approximate surface area is 97.5 Å². The van der Waals surface area contributed by atoms with Crippen LogP contribution in [0.2, 0.25) is 0 Å². The summed E-state index contributed by atoms with van der Waals surface area (Å²) >= 11 is 0. The maximum Gasteiger partial charge on any atom is 0.263 e. The molecule has 0 aliphatic carbocycles. The molecule has 1 aliphatic heterocycles. The zero-order chi connectivity index (χ0) is 12.3. The number of dihydropyridines is 1. The zero-order valence-corrected chi connectivity index (χ0v) is 8.88. The molecule has 1 heterocycles. The summed E-state index contributed by atoms with van der Waals surface area (Å²) in [6.45, 7) is -0.110. The Kier molecular flexibility index (Phi) is 3.00. The van der Waals surface area contributed by atoms with Gasteiger partial charge in [-0.2, -0.15) is 0 Å². The third-order valence-corrected chi connectivity index (χ3v) is 2.24. The van der Waals surface area contributed by atoms with E-state index in [-0.39, 0.29) is 12.1 Å². The summed E-state index contributed by atoms with van der Waals surface area (Å²) in [4.78, 5) is 26.8. The average molecular weight is 230 g/mol. The number of benzene rings is 1. The van der Waals surface area contributed by atoms with Crippen LogP contribution in [0.4, 0.5) is 5.69 Å². The number of aliphatic hydroxyl groups excluding tert-OH is 1. The first-order valence-electron chi connectivity index (χ1n) is 5.01. The predicted octanol–water partition coefficient (Wildman–Crippen LogP) is 1.09. The number of para-hydroxylation sites is 1. The summed E-state index contributed by atoms with van der Waals surface area (Å²) in [6, 6.07) is 8.71. The minimum Gasteiger partial charge on any atom is -0.505 e. The van der Waals surface area contributed by atoms with Gasteiger partial charge in [-0.1, -0.05) is 18.2 Å². The molecule has 5 nitrogen and oxygen atoms in total. The van der Waals surface area contributed by atoms with Gasteiger partial charge < -0.3 is 10.4 Å². The number of allylic oxidation sites excluding steroid dienone is 1. The smallest absolute Gasteiger partial charge is 0.263 e. The highest BCUT2D eigenvalue weighted by Crippen LogP contribution is 2.12. The number of nitrogens with one attached hydrogen (secondary N) is 1. The van der Waals surface area contributed by atoms with Crippen LogP contribution in [-0.4, -0.2) is 29.6 Å². The fourth-order valence-electron chi connectivity index (χ4n) is 1.46. The highest BCUT2D eigenvalue weighted by Gasteiger charge is 2.24. The maximum atomic E-state index is 11.8. The van der Waals surface area contributed by atoms with E-state index in [0.29, 0.717) is 5.69 Å². The van der Waals surface area contributed by atoms with Crippen LogP contribution in [-0.2, 0) is 9.59 Å². The Morgan fingerprint density at radius 3 is 2.65 bits per heavy atom. The molecular weight excluding hydrogens is 220 g/mol. The van der Waals surface area contributed by atoms with Crippen LogP contribution in [0.25, 0.3) is 0 Å². The van der Waals surface area contributed by atoms with Crippen LogP contribution in [0.15, 0.2) is 46.7 Å². The van der Waals surface area contributed by atoms with Gasteiger partial charge >= 0.3 is 0 Å². The van der Waals surface area contributed by atoms with Gasteiger partial charge in [0.1, 0.15) is 17.9 Å². The largest absolute Gasteiger partial charge is 0.505 e.